The third-order valence-corrected chi connectivity index (χ3v) is 2.85. The van der Waals surface area contributed by atoms with Crippen molar-refractivity contribution in [3.63, 3.8) is 0 Å². The zero-order chi connectivity index (χ0) is 11.9. The van der Waals surface area contributed by atoms with E-state index >= 15 is 0 Å². The average Bonchev–Trinajstić information content (AvgIpc) is 2.96. The van der Waals surface area contributed by atoms with Gasteiger partial charge in [-0.25, -0.2) is 0 Å². The molecule has 0 amide bonds. The predicted molar refractivity (Wildman–Crippen MR) is 57.8 cm³/mol. The van der Waals surface area contributed by atoms with Crippen LogP contribution in [0.5, 0.6) is 0 Å². The molecule has 1 aliphatic rings. The van der Waals surface area contributed by atoms with Crippen molar-refractivity contribution in [1.82, 2.24) is 19.9 Å². The summed E-state index contributed by atoms with van der Waals surface area (Å²) >= 11 is 0. The van der Waals surface area contributed by atoms with Crippen molar-refractivity contribution in [3.05, 3.63) is 18.2 Å². The fraction of sp³-hybridized carbons (Fsp3) is 0.500. The van der Waals surface area contributed by atoms with Crippen LogP contribution in [-0.4, -0.2) is 33.1 Å². The van der Waals surface area contributed by atoms with Gasteiger partial charge in [0.05, 0.1) is 6.61 Å². The Morgan fingerprint density at radius 2 is 2.41 bits per heavy atom. The lowest BCUT2D eigenvalue weighted by Crippen LogP contribution is -2.37. The number of rotatable bonds is 2. The van der Waals surface area contributed by atoms with Crippen LogP contribution in [-0.2, 0) is 17.3 Å². The molecule has 0 bridgehead atoms. The minimum Gasteiger partial charge on any atom is -0.379 e. The Morgan fingerprint density at radius 1 is 1.53 bits per heavy atom. The maximum Gasteiger partial charge on any atom is 0.249 e. The van der Waals surface area contributed by atoms with E-state index in [1.165, 1.54) is 0 Å². The highest BCUT2D eigenvalue weighted by molar-refractivity contribution is 5.46. The summed E-state index contributed by atoms with van der Waals surface area (Å²) in [5, 5.41) is 8.10. The van der Waals surface area contributed by atoms with Gasteiger partial charge in [-0.05, 0) is 12.5 Å². The maximum atomic E-state index is 6.13. The zero-order valence-electron chi connectivity index (χ0n) is 9.46. The molecule has 7 nitrogen and oxygen atoms in total. The SMILES string of the molecule is Cn1ccc(-c2noc(C3(N)CCOC3)n2)n1. The minimum absolute atomic E-state index is 0.413. The second-order valence-corrected chi connectivity index (χ2v) is 4.26. The van der Waals surface area contributed by atoms with Crippen LogP contribution >= 0.6 is 0 Å². The third-order valence-electron chi connectivity index (χ3n) is 2.85. The van der Waals surface area contributed by atoms with Crippen LogP contribution in [0.25, 0.3) is 11.5 Å². The zero-order valence-corrected chi connectivity index (χ0v) is 9.46. The van der Waals surface area contributed by atoms with E-state index < -0.39 is 5.54 Å². The highest BCUT2D eigenvalue weighted by atomic mass is 16.5. The molecule has 1 unspecified atom stereocenters. The first kappa shape index (κ1) is 10.4. The molecule has 0 aromatic carbocycles. The van der Waals surface area contributed by atoms with E-state index in [0.717, 1.165) is 0 Å². The van der Waals surface area contributed by atoms with Crippen molar-refractivity contribution in [3.8, 4) is 11.5 Å². The van der Waals surface area contributed by atoms with Crippen LogP contribution in [0.2, 0.25) is 0 Å². The molecule has 0 radical (unpaired) electrons. The Labute approximate surface area is 97.6 Å². The molecule has 2 aromatic rings. The number of nitrogens with zero attached hydrogens (tertiary/aromatic N) is 4. The first-order valence-corrected chi connectivity index (χ1v) is 5.38. The fourth-order valence-electron chi connectivity index (χ4n) is 1.81. The number of hydrogen-bond donors (Lipinski definition) is 1. The van der Waals surface area contributed by atoms with Crippen LogP contribution < -0.4 is 5.73 Å². The topological polar surface area (TPSA) is 92.0 Å². The molecule has 7 heteroatoms. The molecule has 17 heavy (non-hydrogen) atoms. The summed E-state index contributed by atoms with van der Waals surface area (Å²) in [5.41, 5.74) is 6.15. The van der Waals surface area contributed by atoms with E-state index in [1.54, 1.807) is 4.68 Å². The molecule has 0 spiro atoms. The molecule has 3 rings (SSSR count). The van der Waals surface area contributed by atoms with E-state index in [9.17, 15) is 0 Å². The molecule has 2 N–H and O–H groups in total. The minimum atomic E-state index is -0.653. The van der Waals surface area contributed by atoms with Crippen LogP contribution in [0.4, 0.5) is 0 Å². The molecule has 2 aromatic heterocycles. The van der Waals surface area contributed by atoms with Crippen molar-refractivity contribution < 1.29 is 9.26 Å². The normalized spacial score (nSPS) is 24.4. The van der Waals surface area contributed by atoms with Crippen molar-refractivity contribution in [2.45, 2.75) is 12.0 Å². The molecule has 1 saturated heterocycles. The molecule has 0 aliphatic carbocycles. The summed E-state index contributed by atoms with van der Waals surface area (Å²) in [7, 11) is 1.83. The van der Waals surface area contributed by atoms with Crippen LogP contribution in [0.1, 0.15) is 12.3 Å². The smallest absolute Gasteiger partial charge is 0.249 e. The van der Waals surface area contributed by atoms with E-state index in [0.29, 0.717) is 37.0 Å². The van der Waals surface area contributed by atoms with Gasteiger partial charge in [0.15, 0.2) is 0 Å². The van der Waals surface area contributed by atoms with Crippen molar-refractivity contribution in [1.29, 1.82) is 0 Å². The van der Waals surface area contributed by atoms with E-state index in [-0.39, 0.29) is 0 Å². The summed E-state index contributed by atoms with van der Waals surface area (Å²) in [6, 6.07) is 1.82. The largest absolute Gasteiger partial charge is 0.379 e. The van der Waals surface area contributed by atoms with Gasteiger partial charge in [-0.3, -0.25) is 4.68 Å². The fourth-order valence-corrected chi connectivity index (χ4v) is 1.81. The van der Waals surface area contributed by atoms with Gasteiger partial charge in [0, 0.05) is 19.9 Å². The van der Waals surface area contributed by atoms with Gasteiger partial charge in [-0.1, -0.05) is 5.16 Å². The predicted octanol–water partition coefficient (Wildman–Crippen LogP) is 0.0444. The molecule has 3 heterocycles. The summed E-state index contributed by atoms with van der Waals surface area (Å²) in [5.74, 6) is 0.868. The number of aryl methyl sites for hydroxylation is 1. The summed E-state index contributed by atoms with van der Waals surface area (Å²) in [4.78, 5) is 4.29. The van der Waals surface area contributed by atoms with Gasteiger partial charge in [-0.2, -0.15) is 10.1 Å². The Morgan fingerprint density at radius 3 is 3.06 bits per heavy atom. The molecule has 1 aliphatic heterocycles. The Kier molecular flexibility index (Phi) is 2.23. The Bertz CT molecular complexity index is 526. The molecule has 1 atom stereocenters. The van der Waals surface area contributed by atoms with Gasteiger partial charge < -0.3 is 15.0 Å². The molecular formula is C10H13N5O2. The lowest BCUT2D eigenvalue weighted by atomic mass is 10.0. The highest BCUT2D eigenvalue weighted by Gasteiger charge is 2.38. The van der Waals surface area contributed by atoms with Crippen LogP contribution in [0.3, 0.4) is 0 Å². The first-order chi connectivity index (χ1) is 8.17. The van der Waals surface area contributed by atoms with Gasteiger partial charge >= 0.3 is 0 Å². The van der Waals surface area contributed by atoms with Crippen molar-refractivity contribution >= 4 is 0 Å². The van der Waals surface area contributed by atoms with Gasteiger partial charge in [0.2, 0.25) is 11.7 Å². The first-order valence-electron chi connectivity index (χ1n) is 5.38. The van der Waals surface area contributed by atoms with Gasteiger partial charge in [0.1, 0.15) is 11.2 Å². The molecule has 1 fully saturated rings. The van der Waals surface area contributed by atoms with E-state index in [4.69, 9.17) is 15.0 Å². The second kappa shape index (κ2) is 3.64. The Hall–Kier alpha value is -1.73. The Balaban J connectivity index is 1.92. The average molecular weight is 235 g/mol. The molecule has 90 valence electrons. The second-order valence-electron chi connectivity index (χ2n) is 4.26. The lowest BCUT2D eigenvalue weighted by molar-refractivity contribution is 0.166. The summed E-state index contributed by atoms with van der Waals surface area (Å²) in [6.45, 7) is 1.04. The number of aromatic nitrogens is 4. The summed E-state index contributed by atoms with van der Waals surface area (Å²) < 4.78 is 12.1. The van der Waals surface area contributed by atoms with Gasteiger partial charge in [0.25, 0.3) is 0 Å². The van der Waals surface area contributed by atoms with Crippen LogP contribution in [0.15, 0.2) is 16.8 Å². The third kappa shape index (κ3) is 1.73. The number of hydrogen-bond acceptors (Lipinski definition) is 6. The molecular weight excluding hydrogens is 222 g/mol. The van der Waals surface area contributed by atoms with Gasteiger partial charge in [-0.15, -0.1) is 0 Å². The standard InChI is InChI=1S/C10H13N5O2/c1-15-4-2-7(13-15)8-12-9(17-14-8)10(11)3-5-16-6-10/h2,4H,3,5-6,11H2,1H3. The lowest BCUT2D eigenvalue weighted by Gasteiger charge is -2.14. The highest BCUT2D eigenvalue weighted by Crippen LogP contribution is 2.27. The summed E-state index contributed by atoms with van der Waals surface area (Å²) in [6.07, 6.45) is 2.51. The van der Waals surface area contributed by atoms with Crippen molar-refractivity contribution in [2.75, 3.05) is 13.2 Å². The van der Waals surface area contributed by atoms with E-state index in [2.05, 4.69) is 15.2 Å². The van der Waals surface area contributed by atoms with Crippen molar-refractivity contribution in [2.24, 2.45) is 12.8 Å². The van der Waals surface area contributed by atoms with Crippen LogP contribution in [0, 0.1) is 0 Å². The number of nitrogens with two attached hydrogens (primary N) is 1. The maximum absolute atomic E-state index is 6.13. The molecule has 0 saturated carbocycles. The monoisotopic (exact) mass is 235 g/mol. The number of ether oxygens (including phenoxy) is 1. The van der Waals surface area contributed by atoms with E-state index in [1.807, 2.05) is 19.3 Å². The quantitative estimate of drug-likeness (QED) is 0.790.